The molecule has 26 heavy (non-hydrogen) atoms. The van der Waals surface area contributed by atoms with Gasteiger partial charge < -0.3 is 4.52 Å². The lowest BCUT2D eigenvalue weighted by atomic mass is 10.0. The van der Waals surface area contributed by atoms with Gasteiger partial charge in [0.05, 0.1) is 5.69 Å². The van der Waals surface area contributed by atoms with E-state index in [1.54, 1.807) is 30.3 Å². The Morgan fingerprint density at radius 3 is 2.42 bits per heavy atom. The van der Waals surface area contributed by atoms with E-state index in [1.807, 2.05) is 0 Å². The van der Waals surface area contributed by atoms with Crippen LogP contribution in [0.4, 0.5) is 5.69 Å². The lowest BCUT2D eigenvalue weighted by Gasteiger charge is -2.12. The van der Waals surface area contributed by atoms with Crippen molar-refractivity contribution in [2.75, 3.05) is 4.72 Å². The fourth-order valence-electron chi connectivity index (χ4n) is 2.59. The second-order valence-corrected chi connectivity index (χ2v) is 7.70. The highest BCUT2D eigenvalue weighted by Crippen LogP contribution is 2.28. The number of ketones is 1. The second kappa shape index (κ2) is 6.93. The highest BCUT2D eigenvalue weighted by Gasteiger charge is 2.26. The summed E-state index contributed by atoms with van der Waals surface area (Å²) in [5.41, 5.74) is 0.940. The summed E-state index contributed by atoms with van der Waals surface area (Å²) in [4.78, 5) is 12.8. The van der Waals surface area contributed by atoms with Crippen molar-refractivity contribution < 1.29 is 17.7 Å². The minimum Gasteiger partial charge on any atom is -0.360 e. The lowest BCUT2D eigenvalue weighted by Crippen LogP contribution is -2.17. The molecule has 0 saturated carbocycles. The number of aromatic nitrogens is 1. The van der Waals surface area contributed by atoms with E-state index in [0.29, 0.717) is 10.6 Å². The van der Waals surface area contributed by atoms with E-state index in [9.17, 15) is 13.2 Å². The van der Waals surface area contributed by atoms with Crippen molar-refractivity contribution in [2.24, 2.45) is 0 Å². The second-order valence-electron chi connectivity index (χ2n) is 5.64. The summed E-state index contributed by atoms with van der Waals surface area (Å²) in [7, 11) is -3.98. The van der Waals surface area contributed by atoms with E-state index in [2.05, 4.69) is 9.88 Å². The Morgan fingerprint density at radius 2 is 1.81 bits per heavy atom. The zero-order chi connectivity index (χ0) is 18.9. The average Bonchev–Trinajstić information content (AvgIpc) is 2.96. The molecule has 1 aromatic heterocycles. The molecule has 0 radical (unpaired) electrons. The third-order valence-corrected chi connectivity index (χ3v) is 5.59. The number of carbonyl (C=O) groups excluding carboxylic acids is 1. The summed E-state index contributed by atoms with van der Waals surface area (Å²) in [5, 5.41) is 3.98. The zero-order valence-corrected chi connectivity index (χ0v) is 15.6. The van der Waals surface area contributed by atoms with Gasteiger partial charge in [-0.3, -0.25) is 9.52 Å². The van der Waals surface area contributed by atoms with Crippen molar-refractivity contribution in [3.8, 4) is 0 Å². The number of nitrogens with one attached hydrogen (secondary N) is 1. The molecule has 0 bridgehead atoms. The fourth-order valence-corrected chi connectivity index (χ4v) is 4.18. The molecule has 0 saturated heterocycles. The van der Waals surface area contributed by atoms with Gasteiger partial charge in [0.25, 0.3) is 10.0 Å². The molecule has 0 aliphatic carbocycles. The molecule has 6 nitrogen and oxygen atoms in total. The first-order valence-corrected chi connectivity index (χ1v) is 9.50. The van der Waals surface area contributed by atoms with Gasteiger partial charge in [0.2, 0.25) is 0 Å². The van der Waals surface area contributed by atoms with Crippen LogP contribution in [0.15, 0.2) is 57.9 Å². The maximum atomic E-state index is 12.8. The first-order valence-electron chi connectivity index (χ1n) is 7.64. The highest BCUT2D eigenvalue weighted by atomic mass is 35.5. The van der Waals surface area contributed by atoms with Crippen molar-refractivity contribution in [1.29, 1.82) is 0 Å². The van der Waals surface area contributed by atoms with E-state index >= 15 is 0 Å². The maximum Gasteiger partial charge on any atom is 0.267 e. The van der Waals surface area contributed by atoms with Gasteiger partial charge in [0, 0.05) is 16.1 Å². The molecule has 0 fully saturated rings. The fraction of sp³-hybridized carbons (Fsp3) is 0.111. The predicted molar refractivity (Wildman–Crippen MR) is 98.1 cm³/mol. The largest absolute Gasteiger partial charge is 0.360 e. The predicted octanol–water partition coefficient (Wildman–Crippen LogP) is 3.98. The molecule has 1 heterocycles. The highest BCUT2D eigenvalue weighted by molar-refractivity contribution is 7.92. The average molecular weight is 391 g/mol. The van der Waals surface area contributed by atoms with Gasteiger partial charge in [0.15, 0.2) is 16.4 Å². The monoisotopic (exact) mass is 390 g/mol. The van der Waals surface area contributed by atoms with Crippen LogP contribution in [-0.2, 0) is 10.0 Å². The maximum absolute atomic E-state index is 12.8. The quantitative estimate of drug-likeness (QED) is 0.665. The van der Waals surface area contributed by atoms with Crippen molar-refractivity contribution in [3.05, 3.63) is 76.1 Å². The number of sulfonamides is 1. The Kier molecular flexibility index (Phi) is 4.84. The van der Waals surface area contributed by atoms with Crippen LogP contribution in [0.1, 0.15) is 27.4 Å². The van der Waals surface area contributed by atoms with Crippen LogP contribution in [0.25, 0.3) is 0 Å². The van der Waals surface area contributed by atoms with Gasteiger partial charge in [-0.1, -0.05) is 47.1 Å². The van der Waals surface area contributed by atoms with Gasteiger partial charge in [0.1, 0.15) is 5.69 Å². The van der Waals surface area contributed by atoms with Gasteiger partial charge in [-0.05, 0) is 32.0 Å². The molecule has 0 unspecified atom stereocenters. The molecule has 0 aliphatic heterocycles. The molecule has 0 amide bonds. The third kappa shape index (κ3) is 3.49. The van der Waals surface area contributed by atoms with Crippen LogP contribution >= 0.6 is 11.6 Å². The van der Waals surface area contributed by atoms with Gasteiger partial charge >= 0.3 is 0 Å². The first-order chi connectivity index (χ1) is 12.3. The summed E-state index contributed by atoms with van der Waals surface area (Å²) in [5.74, 6) is -0.176. The summed E-state index contributed by atoms with van der Waals surface area (Å²) >= 11 is 6.02. The Hall–Kier alpha value is -2.64. The first kappa shape index (κ1) is 18.2. The number of halogens is 1. The molecule has 2 aromatic carbocycles. The Bertz CT molecular complexity index is 1060. The van der Waals surface area contributed by atoms with Gasteiger partial charge in [-0.2, -0.15) is 0 Å². The number of nitrogens with zero attached hydrogens (tertiary/aromatic N) is 1. The number of rotatable bonds is 5. The number of hydrogen-bond donors (Lipinski definition) is 1. The van der Waals surface area contributed by atoms with E-state index in [1.165, 1.54) is 32.0 Å². The Labute approximate surface area is 155 Å². The minimum atomic E-state index is -3.98. The van der Waals surface area contributed by atoms with Crippen LogP contribution in [0.2, 0.25) is 5.02 Å². The van der Waals surface area contributed by atoms with Crippen LogP contribution < -0.4 is 4.72 Å². The number of aryl methyl sites for hydroxylation is 2. The van der Waals surface area contributed by atoms with Crippen molar-refractivity contribution in [2.45, 2.75) is 18.7 Å². The Balaban J connectivity index is 2.06. The Morgan fingerprint density at radius 1 is 1.12 bits per heavy atom. The molecule has 3 aromatic rings. The summed E-state index contributed by atoms with van der Waals surface area (Å²) in [6, 6.07) is 12.9. The summed E-state index contributed by atoms with van der Waals surface area (Å²) < 4.78 is 32.9. The topological polar surface area (TPSA) is 89.3 Å². The number of carbonyl (C=O) groups is 1. The molecule has 0 spiro atoms. The van der Waals surface area contributed by atoms with Crippen molar-refractivity contribution in [1.82, 2.24) is 5.16 Å². The van der Waals surface area contributed by atoms with Crippen LogP contribution in [0, 0.1) is 13.8 Å². The molecule has 134 valence electrons. The van der Waals surface area contributed by atoms with Crippen LogP contribution in [-0.4, -0.2) is 19.4 Å². The standard InChI is InChI=1S/C18H15ClN2O4S/c1-11-18(12(2)25-20-11)26(23,24)21-16-9-8-14(19)10-15(16)17(22)13-6-4-3-5-7-13/h3-10,21H,1-2H3. The number of hydrogen-bond acceptors (Lipinski definition) is 5. The normalized spacial score (nSPS) is 11.3. The van der Waals surface area contributed by atoms with Crippen LogP contribution in [0.5, 0.6) is 0 Å². The van der Waals surface area contributed by atoms with Gasteiger partial charge in [-0.25, -0.2) is 8.42 Å². The molecule has 0 atom stereocenters. The molecular formula is C18H15ClN2O4S. The summed E-state index contributed by atoms with van der Waals surface area (Å²) in [6.45, 7) is 3.04. The van der Waals surface area contributed by atoms with E-state index in [4.69, 9.17) is 16.1 Å². The molecule has 8 heteroatoms. The van der Waals surface area contributed by atoms with Crippen LogP contribution in [0.3, 0.4) is 0 Å². The molecule has 1 N–H and O–H groups in total. The smallest absolute Gasteiger partial charge is 0.267 e. The number of anilines is 1. The molecular weight excluding hydrogens is 376 g/mol. The molecule has 3 rings (SSSR count). The number of benzene rings is 2. The lowest BCUT2D eigenvalue weighted by molar-refractivity contribution is 0.103. The minimum absolute atomic E-state index is 0.0504. The van der Waals surface area contributed by atoms with E-state index in [-0.39, 0.29) is 33.4 Å². The SMILES string of the molecule is Cc1noc(C)c1S(=O)(=O)Nc1ccc(Cl)cc1C(=O)c1ccccc1. The molecule has 0 aliphatic rings. The van der Waals surface area contributed by atoms with E-state index in [0.717, 1.165) is 0 Å². The summed E-state index contributed by atoms with van der Waals surface area (Å²) in [6.07, 6.45) is 0. The van der Waals surface area contributed by atoms with E-state index < -0.39 is 10.0 Å². The van der Waals surface area contributed by atoms with Crippen molar-refractivity contribution in [3.63, 3.8) is 0 Å². The zero-order valence-electron chi connectivity index (χ0n) is 14.0. The third-order valence-electron chi connectivity index (χ3n) is 3.74. The van der Waals surface area contributed by atoms with Gasteiger partial charge in [-0.15, -0.1) is 0 Å². The van der Waals surface area contributed by atoms with Crippen molar-refractivity contribution >= 4 is 33.1 Å².